The second kappa shape index (κ2) is 16.2. The molecular formula is C34H46N2O3. The van der Waals surface area contributed by atoms with E-state index in [-0.39, 0.29) is 6.29 Å². The van der Waals surface area contributed by atoms with E-state index in [1.807, 2.05) is 30.6 Å². The lowest BCUT2D eigenvalue weighted by molar-refractivity contribution is 0.0395. The predicted molar refractivity (Wildman–Crippen MR) is 159 cm³/mol. The quantitative estimate of drug-likeness (QED) is 0.153. The Hall–Kier alpha value is -2.92. The molecule has 0 N–H and O–H groups in total. The number of aryl methyl sites for hydroxylation is 1. The molecule has 4 rings (SSSR count). The molecule has 0 aliphatic carbocycles. The lowest BCUT2D eigenvalue weighted by Crippen LogP contribution is -2.17. The van der Waals surface area contributed by atoms with Gasteiger partial charge in [0.2, 0.25) is 6.29 Å². The minimum absolute atomic E-state index is 0.184. The van der Waals surface area contributed by atoms with Crippen molar-refractivity contribution in [3.05, 3.63) is 60.4 Å². The molecule has 1 atom stereocenters. The molecule has 0 fully saturated rings. The highest BCUT2D eigenvalue weighted by Gasteiger charge is 2.24. The molecule has 0 spiro atoms. The summed E-state index contributed by atoms with van der Waals surface area (Å²) >= 11 is 0. The Balaban J connectivity index is 1.21. The summed E-state index contributed by atoms with van der Waals surface area (Å²) in [5.74, 6) is 2.29. The van der Waals surface area contributed by atoms with Crippen LogP contribution in [0.3, 0.4) is 0 Å². The van der Waals surface area contributed by atoms with Crippen molar-refractivity contribution < 1.29 is 14.2 Å². The summed E-state index contributed by atoms with van der Waals surface area (Å²) in [5, 5.41) is 0. The molecule has 1 aliphatic heterocycles. The number of aromatic nitrogens is 2. The summed E-state index contributed by atoms with van der Waals surface area (Å²) in [7, 11) is 0. The molecule has 1 aromatic heterocycles. The van der Waals surface area contributed by atoms with Crippen molar-refractivity contribution in [2.75, 3.05) is 13.2 Å². The summed E-state index contributed by atoms with van der Waals surface area (Å²) in [5.41, 5.74) is 4.45. The van der Waals surface area contributed by atoms with Gasteiger partial charge in [0.15, 0.2) is 17.3 Å². The maximum atomic E-state index is 6.06. The Morgan fingerprint density at radius 2 is 1.28 bits per heavy atom. The van der Waals surface area contributed by atoms with Crippen LogP contribution in [0.25, 0.3) is 22.5 Å². The zero-order chi connectivity index (χ0) is 27.1. The highest BCUT2D eigenvalue weighted by Crippen LogP contribution is 2.38. The van der Waals surface area contributed by atoms with E-state index in [4.69, 9.17) is 14.2 Å². The highest BCUT2D eigenvalue weighted by atomic mass is 16.7. The van der Waals surface area contributed by atoms with E-state index < -0.39 is 0 Å². The van der Waals surface area contributed by atoms with Gasteiger partial charge >= 0.3 is 0 Å². The maximum absolute atomic E-state index is 6.06. The van der Waals surface area contributed by atoms with Crippen LogP contribution in [0.5, 0.6) is 11.5 Å². The Morgan fingerprint density at radius 1 is 0.641 bits per heavy atom. The highest BCUT2D eigenvalue weighted by molar-refractivity contribution is 5.65. The molecule has 0 saturated carbocycles. The van der Waals surface area contributed by atoms with Gasteiger partial charge in [0, 0.05) is 43.2 Å². The zero-order valence-corrected chi connectivity index (χ0v) is 24.0. The van der Waals surface area contributed by atoms with E-state index in [2.05, 4.69) is 48.1 Å². The molecule has 39 heavy (non-hydrogen) atoms. The topological polar surface area (TPSA) is 53.5 Å². The van der Waals surface area contributed by atoms with E-state index >= 15 is 0 Å². The molecule has 5 nitrogen and oxygen atoms in total. The van der Waals surface area contributed by atoms with Gasteiger partial charge < -0.3 is 14.2 Å². The van der Waals surface area contributed by atoms with Gasteiger partial charge in [0.25, 0.3) is 0 Å². The van der Waals surface area contributed by atoms with Gasteiger partial charge in [0.05, 0.1) is 0 Å². The number of hydrogen-bond acceptors (Lipinski definition) is 5. The largest absolute Gasteiger partial charge is 0.451 e. The fourth-order valence-corrected chi connectivity index (χ4v) is 4.93. The van der Waals surface area contributed by atoms with Gasteiger partial charge in [-0.3, -0.25) is 0 Å². The van der Waals surface area contributed by atoms with Gasteiger partial charge in [-0.05, 0) is 61.4 Å². The maximum Gasteiger partial charge on any atom is 0.241 e. The third kappa shape index (κ3) is 9.35. The van der Waals surface area contributed by atoms with Crippen molar-refractivity contribution >= 4 is 0 Å². The van der Waals surface area contributed by atoms with Gasteiger partial charge in [-0.25, -0.2) is 9.97 Å². The number of hydrogen-bond donors (Lipinski definition) is 0. The first-order chi connectivity index (χ1) is 19.3. The van der Waals surface area contributed by atoms with Crippen LogP contribution in [0.1, 0.15) is 96.5 Å². The number of nitrogens with zero attached hydrogens (tertiary/aromatic N) is 2. The van der Waals surface area contributed by atoms with Crippen molar-refractivity contribution in [3.8, 4) is 34.0 Å². The molecule has 0 amide bonds. The van der Waals surface area contributed by atoms with Crippen LogP contribution >= 0.6 is 0 Å². The van der Waals surface area contributed by atoms with Crippen molar-refractivity contribution in [1.29, 1.82) is 0 Å². The van der Waals surface area contributed by atoms with Crippen molar-refractivity contribution in [1.82, 2.24) is 9.97 Å². The Morgan fingerprint density at radius 3 is 2.03 bits per heavy atom. The van der Waals surface area contributed by atoms with E-state index in [1.165, 1.54) is 56.9 Å². The first-order valence-electron chi connectivity index (χ1n) is 15.2. The number of benzene rings is 2. The third-order valence-electron chi connectivity index (χ3n) is 7.35. The van der Waals surface area contributed by atoms with Crippen molar-refractivity contribution in [3.63, 3.8) is 0 Å². The fraction of sp³-hybridized carbons (Fsp3) is 0.529. The number of fused-ring (bicyclic) bond motifs is 1. The van der Waals surface area contributed by atoms with E-state index in [1.54, 1.807) is 0 Å². The first-order valence-corrected chi connectivity index (χ1v) is 15.2. The third-order valence-corrected chi connectivity index (χ3v) is 7.35. The molecule has 2 heterocycles. The van der Waals surface area contributed by atoms with Gasteiger partial charge in [0.1, 0.15) is 0 Å². The molecule has 1 unspecified atom stereocenters. The molecule has 3 aromatic rings. The fourth-order valence-electron chi connectivity index (χ4n) is 4.93. The van der Waals surface area contributed by atoms with E-state index in [0.29, 0.717) is 5.82 Å². The molecule has 2 aromatic carbocycles. The van der Waals surface area contributed by atoms with Crippen LogP contribution in [0, 0.1) is 0 Å². The molecular weight excluding hydrogens is 484 g/mol. The monoisotopic (exact) mass is 530 g/mol. The van der Waals surface area contributed by atoms with E-state index in [0.717, 1.165) is 73.5 Å². The molecule has 210 valence electrons. The first kappa shape index (κ1) is 29.1. The average Bonchev–Trinajstić information content (AvgIpc) is 3.39. The molecule has 0 saturated heterocycles. The predicted octanol–water partition coefficient (Wildman–Crippen LogP) is 9.19. The van der Waals surface area contributed by atoms with Crippen LogP contribution < -0.4 is 9.47 Å². The summed E-state index contributed by atoms with van der Waals surface area (Å²) in [4.78, 5) is 9.30. The smallest absolute Gasteiger partial charge is 0.241 e. The minimum atomic E-state index is -0.184. The second-order valence-electron chi connectivity index (χ2n) is 10.7. The SMILES string of the molecule is CCCCCCCC1Oc2ccc(-c3ncc(-c4ccc(CCCCOCCCCCC)cc4)cn3)cc2O1. The van der Waals surface area contributed by atoms with Crippen LogP contribution in [-0.2, 0) is 11.2 Å². The number of ether oxygens (including phenoxy) is 3. The second-order valence-corrected chi connectivity index (χ2v) is 10.7. The Bertz CT molecular complexity index is 1100. The van der Waals surface area contributed by atoms with Crippen molar-refractivity contribution in [2.45, 2.75) is 104 Å². The number of rotatable bonds is 18. The summed E-state index contributed by atoms with van der Waals surface area (Å²) in [6.45, 7) is 6.26. The molecule has 0 radical (unpaired) electrons. The molecule has 1 aliphatic rings. The average molecular weight is 531 g/mol. The van der Waals surface area contributed by atoms with Crippen LogP contribution in [-0.4, -0.2) is 29.5 Å². The Labute approximate surface area is 235 Å². The van der Waals surface area contributed by atoms with Gasteiger partial charge in [-0.15, -0.1) is 0 Å². The zero-order valence-electron chi connectivity index (χ0n) is 24.0. The molecule has 5 heteroatoms. The van der Waals surface area contributed by atoms with Gasteiger partial charge in [-0.1, -0.05) is 83.1 Å². The van der Waals surface area contributed by atoms with Crippen LogP contribution in [0.4, 0.5) is 0 Å². The number of unbranched alkanes of at least 4 members (excludes halogenated alkanes) is 8. The summed E-state index contributed by atoms with van der Waals surface area (Å²) in [6.07, 6.45) is 19.2. The lowest BCUT2D eigenvalue weighted by atomic mass is 10.0. The van der Waals surface area contributed by atoms with Crippen LogP contribution in [0.15, 0.2) is 54.9 Å². The van der Waals surface area contributed by atoms with Gasteiger partial charge in [-0.2, -0.15) is 0 Å². The molecule has 0 bridgehead atoms. The van der Waals surface area contributed by atoms with Crippen molar-refractivity contribution in [2.24, 2.45) is 0 Å². The van der Waals surface area contributed by atoms with Crippen LogP contribution in [0.2, 0.25) is 0 Å². The Kier molecular flexibility index (Phi) is 12.1. The summed E-state index contributed by atoms with van der Waals surface area (Å²) in [6, 6.07) is 14.7. The lowest BCUT2D eigenvalue weighted by Gasteiger charge is -2.09. The summed E-state index contributed by atoms with van der Waals surface area (Å²) < 4.78 is 17.8. The minimum Gasteiger partial charge on any atom is -0.451 e. The van der Waals surface area contributed by atoms with E-state index in [9.17, 15) is 0 Å². The standard InChI is InChI=1S/C34H46N2O3/c1-3-5-7-9-10-15-33-38-31-21-20-29(24-32(31)39-33)34-35-25-30(26-36-34)28-18-16-27(17-19-28)14-11-13-23-37-22-12-8-6-4-2/h16-21,24-26,33H,3-15,22-23H2,1-2H3. The normalized spacial score (nSPS) is 14.2.